The smallest absolute Gasteiger partial charge is 0.550 e. The van der Waals surface area contributed by atoms with Gasteiger partial charge < -0.3 is 19.2 Å². The maximum atomic E-state index is 12.0. The zero-order chi connectivity index (χ0) is 36.4. The predicted molar refractivity (Wildman–Crippen MR) is 206 cm³/mol. The molecule has 0 N–H and O–H groups in total. The maximum Gasteiger partial charge on any atom is 1.00 e. The summed E-state index contributed by atoms with van der Waals surface area (Å²) in [5.41, 5.74) is 4.10. The van der Waals surface area contributed by atoms with Crippen molar-refractivity contribution in [2.75, 3.05) is 6.38 Å². The number of benzene rings is 2. The van der Waals surface area contributed by atoms with Crippen LogP contribution in [0, 0.1) is 5.41 Å². The summed E-state index contributed by atoms with van der Waals surface area (Å²) in [6.45, 7) is 28.4. The Kier molecular flexibility index (Phi) is 24.0. The van der Waals surface area contributed by atoms with Crippen LogP contribution in [0.15, 0.2) is 83.8 Å². The number of aromatic nitrogens is 2. The number of carbonyl (C=O) groups excluding carboxylic acids is 1. The Morgan fingerprint density at radius 1 is 1.00 bits per heavy atom. The molecule has 0 aliphatic heterocycles. The minimum atomic E-state index is -1.05. The number of carboxylic acids is 1. The second-order valence-electron chi connectivity index (χ2n) is 11.9. The molecule has 48 heavy (non-hydrogen) atoms. The number of ether oxygens (including phenoxy) is 1. The van der Waals surface area contributed by atoms with Gasteiger partial charge in [-0.2, -0.15) is 0 Å². The molecule has 0 aliphatic rings. The van der Waals surface area contributed by atoms with Crippen molar-refractivity contribution in [2.45, 2.75) is 112 Å². The van der Waals surface area contributed by atoms with E-state index >= 15 is 0 Å². The van der Waals surface area contributed by atoms with E-state index in [9.17, 15) is 9.90 Å². The second kappa shape index (κ2) is 24.0. The third-order valence-corrected chi connectivity index (χ3v) is 7.88. The largest absolute Gasteiger partial charge is 1.00 e. The molecule has 2 aromatic carbocycles. The third kappa shape index (κ3) is 14.7. The minimum absolute atomic E-state index is 0. The summed E-state index contributed by atoms with van der Waals surface area (Å²) in [6, 6.07) is 18.3. The molecule has 0 amide bonds. The van der Waals surface area contributed by atoms with Crippen LogP contribution in [0.1, 0.15) is 94.5 Å². The first kappa shape index (κ1) is 47.9. The molecule has 5 nitrogen and oxygen atoms in total. The summed E-state index contributed by atoms with van der Waals surface area (Å²) in [4.78, 5) is 17.9. The van der Waals surface area contributed by atoms with Gasteiger partial charge in [0.2, 0.25) is 0 Å². The van der Waals surface area contributed by atoms with Gasteiger partial charge in [0, 0.05) is 55.9 Å². The van der Waals surface area contributed by atoms with Gasteiger partial charge in [-0.3, -0.25) is 0 Å². The summed E-state index contributed by atoms with van der Waals surface area (Å²) >= 11 is 6.41. The van der Waals surface area contributed by atoms with Crippen molar-refractivity contribution in [2.24, 2.45) is 5.41 Å². The Hall–Kier alpha value is -2.22. The number of allylic oxidation sites excluding steroid dienone is 3. The fourth-order valence-electron chi connectivity index (χ4n) is 4.40. The van der Waals surface area contributed by atoms with E-state index in [0.717, 1.165) is 43.8 Å². The molecular formula is C40H58ClN2NaO3S. The number of carbonyl (C=O) groups is 1. The van der Waals surface area contributed by atoms with E-state index in [1.54, 1.807) is 31.7 Å². The fraction of sp³-hybridized carbons (Fsp3) is 0.450. The molecule has 0 saturated carbocycles. The van der Waals surface area contributed by atoms with Crippen LogP contribution in [0.3, 0.4) is 0 Å². The molecule has 0 unspecified atom stereocenters. The van der Waals surface area contributed by atoms with Crippen molar-refractivity contribution in [3.63, 3.8) is 0 Å². The van der Waals surface area contributed by atoms with Crippen molar-refractivity contribution < 1.29 is 44.2 Å². The van der Waals surface area contributed by atoms with Crippen LogP contribution in [-0.4, -0.2) is 26.7 Å². The Labute approximate surface area is 322 Å². The number of rotatable bonds is 9. The van der Waals surface area contributed by atoms with Crippen LogP contribution in [0.2, 0.25) is 0 Å². The normalized spacial score (nSPS) is 10.8. The molecule has 2 heterocycles. The quantitative estimate of drug-likeness (QED) is 0.0764. The van der Waals surface area contributed by atoms with Gasteiger partial charge in [0.1, 0.15) is 12.4 Å². The zero-order valence-electron chi connectivity index (χ0n) is 32.1. The van der Waals surface area contributed by atoms with Crippen LogP contribution >= 0.6 is 23.4 Å². The predicted octanol–water partition coefficient (Wildman–Crippen LogP) is 8.05. The van der Waals surface area contributed by atoms with Crippen LogP contribution in [0.25, 0.3) is 21.8 Å². The monoisotopic (exact) mass is 704 g/mol. The van der Waals surface area contributed by atoms with Crippen molar-refractivity contribution in [3.8, 4) is 5.75 Å². The van der Waals surface area contributed by atoms with Gasteiger partial charge in [0.15, 0.2) is 0 Å². The Morgan fingerprint density at radius 2 is 1.58 bits per heavy atom. The summed E-state index contributed by atoms with van der Waals surface area (Å²) in [6.07, 6.45) is 5.70. The molecule has 0 fully saturated rings. The number of fused-ring (bicyclic) bond motifs is 2. The van der Waals surface area contributed by atoms with Gasteiger partial charge in [-0.05, 0) is 57.5 Å². The van der Waals surface area contributed by atoms with Crippen molar-refractivity contribution in [1.82, 2.24) is 9.55 Å². The molecule has 4 aromatic rings. The molecule has 8 heteroatoms. The van der Waals surface area contributed by atoms with E-state index in [1.165, 1.54) is 12.0 Å². The molecule has 0 saturated heterocycles. The van der Waals surface area contributed by atoms with Gasteiger partial charge >= 0.3 is 29.6 Å². The van der Waals surface area contributed by atoms with Crippen molar-refractivity contribution in [1.29, 1.82) is 0 Å². The molecular weight excluding hydrogens is 647 g/mol. The molecule has 0 bridgehead atoms. The van der Waals surface area contributed by atoms with E-state index in [1.807, 2.05) is 71.9 Å². The topological polar surface area (TPSA) is 67.2 Å². The van der Waals surface area contributed by atoms with Gasteiger partial charge in [0.05, 0.1) is 11.2 Å². The van der Waals surface area contributed by atoms with Gasteiger partial charge in [0.25, 0.3) is 0 Å². The Morgan fingerprint density at radius 3 is 2.12 bits per heavy atom. The average Bonchev–Trinajstić information content (AvgIpc) is 3.31. The SMILES string of the molecule is C/C=C(\C)Cn1c(CC(C)(C)C(=O)[O-])c(SC(C)(C)C)c2cc(OCc3ccc4ccccc4n3)ccc21.C=CC.CC.CC.CCl.[Na+]. The van der Waals surface area contributed by atoms with E-state index < -0.39 is 11.4 Å². The number of carboxylic acid groups (broad SMARTS) is 1. The van der Waals surface area contributed by atoms with E-state index in [4.69, 9.17) is 9.72 Å². The molecule has 0 aliphatic carbocycles. The Balaban J connectivity index is 0. The van der Waals surface area contributed by atoms with E-state index in [0.29, 0.717) is 19.6 Å². The second-order valence-corrected chi connectivity index (χ2v) is 13.8. The van der Waals surface area contributed by atoms with Crippen LogP contribution in [0.4, 0.5) is 0 Å². The summed E-state index contributed by atoms with van der Waals surface area (Å²) in [7, 11) is 0. The minimum Gasteiger partial charge on any atom is -0.550 e. The first-order chi connectivity index (χ1) is 22.3. The number of nitrogens with zero attached hydrogens (tertiary/aromatic N) is 2. The molecule has 0 radical (unpaired) electrons. The Bertz CT molecular complexity index is 1570. The van der Waals surface area contributed by atoms with Gasteiger partial charge in [-0.25, -0.2) is 4.98 Å². The molecule has 260 valence electrons. The van der Waals surface area contributed by atoms with Crippen LogP contribution in [0.5, 0.6) is 5.75 Å². The van der Waals surface area contributed by atoms with Crippen molar-refractivity contribution in [3.05, 3.63) is 90.3 Å². The van der Waals surface area contributed by atoms with Crippen molar-refractivity contribution >= 4 is 51.1 Å². The van der Waals surface area contributed by atoms with Gasteiger partial charge in [-0.15, -0.1) is 29.9 Å². The van der Waals surface area contributed by atoms with E-state index in [2.05, 4.69) is 80.8 Å². The van der Waals surface area contributed by atoms with E-state index in [-0.39, 0.29) is 34.3 Å². The third-order valence-electron chi connectivity index (χ3n) is 6.60. The molecule has 2 aromatic heterocycles. The zero-order valence-corrected chi connectivity index (χ0v) is 35.7. The first-order valence-electron chi connectivity index (χ1n) is 16.4. The summed E-state index contributed by atoms with van der Waals surface area (Å²) in [5.74, 6) is -0.287. The first-order valence-corrected chi connectivity index (χ1v) is 18.0. The number of hydrogen-bond donors (Lipinski definition) is 0. The molecule has 4 rings (SSSR count). The summed E-state index contributed by atoms with van der Waals surface area (Å²) < 4.78 is 8.42. The molecule has 0 spiro atoms. The number of halogens is 1. The number of hydrogen-bond acceptors (Lipinski definition) is 5. The average molecular weight is 705 g/mol. The molecule has 0 atom stereocenters. The number of pyridine rings is 1. The standard InChI is InChI=1S/C32H38N2O3S.C3H6.2C2H6.CH3Cl.Na/c1-8-21(2)19-34-27-16-15-24(37-20-23-14-13-22-11-9-10-12-26(22)33-23)17-25(27)29(38-31(3,4)5)28(34)18-32(6,7)30(35)36;1-3-2;3*1-2;/h8-17H,18-20H2,1-7H3,(H,35,36);3H,1H2,2H3;2*1-2H3;1H3;/q;;;;;+1/p-1/b21-8+;;;;;. The maximum absolute atomic E-state index is 12.0. The van der Waals surface area contributed by atoms with Crippen LogP contribution < -0.4 is 39.4 Å². The fourth-order valence-corrected chi connectivity index (χ4v) is 5.59. The summed E-state index contributed by atoms with van der Waals surface area (Å²) in [5, 5.41) is 14.2. The van der Waals surface area contributed by atoms with Crippen LogP contribution in [-0.2, 0) is 24.4 Å². The van der Waals surface area contributed by atoms with Gasteiger partial charge in [-0.1, -0.05) is 104 Å². The number of thioether (sulfide) groups is 1. The number of aliphatic carboxylic acids is 1. The number of alkyl halides is 1. The number of para-hydroxylation sites is 1.